The second-order valence-electron chi connectivity index (χ2n) is 9.77. The number of anilines is 1. The summed E-state index contributed by atoms with van der Waals surface area (Å²) < 4.78 is 0. The largest absolute Gasteiger partial charge is 0.508 e. The van der Waals surface area contributed by atoms with Crippen molar-refractivity contribution in [2.24, 2.45) is 5.92 Å². The van der Waals surface area contributed by atoms with Gasteiger partial charge >= 0.3 is 0 Å². The molecule has 2 aromatic rings. The molecule has 10 heteroatoms. The molecule has 2 aromatic carbocycles. The first kappa shape index (κ1) is 32.1. The molecular formula is C26H39Cl3N4O3. The number of nitrogens with one attached hydrogen (secondary N) is 2. The molecule has 1 saturated heterocycles. The van der Waals surface area contributed by atoms with E-state index in [1.807, 2.05) is 24.3 Å². The first-order valence-electron chi connectivity index (χ1n) is 11.9. The molecule has 4 rings (SSSR count). The maximum atomic E-state index is 13.1. The van der Waals surface area contributed by atoms with Gasteiger partial charge in [-0.1, -0.05) is 26.0 Å². The van der Waals surface area contributed by atoms with Crippen molar-refractivity contribution in [2.75, 3.05) is 31.1 Å². The van der Waals surface area contributed by atoms with Crippen molar-refractivity contribution in [3.8, 4) is 11.5 Å². The van der Waals surface area contributed by atoms with E-state index in [4.69, 9.17) is 0 Å². The Balaban J connectivity index is 0.00000216. The molecule has 0 saturated carbocycles. The molecule has 0 radical (unpaired) electrons. The third-order valence-corrected chi connectivity index (χ3v) is 6.93. The monoisotopic (exact) mass is 560 g/mol. The Bertz CT molecular complexity index is 995. The van der Waals surface area contributed by atoms with Gasteiger partial charge < -0.3 is 25.7 Å². The Morgan fingerprint density at radius 3 is 2.44 bits per heavy atom. The molecule has 1 fully saturated rings. The van der Waals surface area contributed by atoms with Crippen molar-refractivity contribution in [1.29, 1.82) is 0 Å². The highest BCUT2D eigenvalue weighted by Gasteiger charge is 2.30. The number of carbonyl (C=O) groups excluding carboxylic acids is 1. The van der Waals surface area contributed by atoms with E-state index in [0.717, 1.165) is 43.0 Å². The number of hydrogen-bond acceptors (Lipinski definition) is 6. The third kappa shape index (κ3) is 7.80. The second kappa shape index (κ2) is 14.1. The van der Waals surface area contributed by atoms with Crippen LogP contribution in [0.4, 0.5) is 5.69 Å². The van der Waals surface area contributed by atoms with E-state index in [1.54, 1.807) is 18.2 Å². The second-order valence-corrected chi connectivity index (χ2v) is 9.77. The smallest absolute Gasteiger partial charge is 0.237 e. The van der Waals surface area contributed by atoms with Crippen molar-refractivity contribution < 1.29 is 15.0 Å². The van der Waals surface area contributed by atoms with Gasteiger partial charge in [0.25, 0.3) is 0 Å². The van der Waals surface area contributed by atoms with Crippen molar-refractivity contribution >= 4 is 48.8 Å². The molecule has 1 amide bonds. The standard InChI is InChI=1S/C26H36N4O3.3ClH/c1-17(2)25(28-26(33)24-12-19-7-8-23(32)11-20(19)14-27-24)16-29-9-10-30(18(3)15-29)21-5-4-6-22(31)13-21;;;/h4-8,11,13,17-18,24-25,27,31-32H,9-10,12,14-16H2,1-3H3,(H,28,33);3*1H/t18-,24-,25-;;;/m1.../s1. The molecule has 2 aliphatic heterocycles. The highest BCUT2D eigenvalue weighted by Crippen LogP contribution is 2.25. The van der Waals surface area contributed by atoms with Crippen LogP contribution in [0.1, 0.15) is 31.9 Å². The number of hydrogen-bond donors (Lipinski definition) is 4. The van der Waals surface area contributed by atoms with E-state index in [-0.39, 0.29) is 61.0 Å². The number of phenolic OH excluding ortho intramolecular Hbond substituents is 2. The summed E-state index contributed by atoms with van der Waals surface area (Å²) in [7, 11) is 0. The van der Waals surface area contributed by atoms with E-state index < -0.39 is 0 Å². The van der Waals surface area contributed by atoms with Crippen LogP contribution in [0.25, 0.3) is 0 Å². The summed E-state index contributed by atoms with van der Waals surface area (Å²) in [6.45, 7) is 10.6. The minimum atomic E-state index is -0.259. The summed E-state index contributed by atoms with van der Waals surface area (Å²) in [5, 5.41) is 26.1. The number of amides is 1. The third-order valence-electron chi connectivity index (χ3n) is 6.93. The number of benzene rings is 2. The topological polar surface area (TPSA) is 88.1 Å². The SMILES string of the molecule is CC(C)[C@@H](CN1CCN(c2cccc(O)c2)[C@H](C)C1)NC(=O)[C@H]1Cc2ccc(O)cc2CN1.Cl.Cl.Cl. The molecule has 0 unspecified atom stereocenters. The Morgan fingerprint density at radius 2 is 1.78 bits per heavy atom. The summed E-state index contributed by atoms with van der Waals surface area (Å²) in [6.07, 6.45) is 0.631. The molecule has 4 N–H and O–H groups in total. The van der Waals surface area contributed by atoms with Gasteiger partial charge in [0, 0.05) is 56.6 Å². The van der Waals surface area contributed by atoms with Crippen molar-refractivity contribution in [2.45, 2.75) is 51.9 Å². The van der Waals surface area contributed by atoms with Gasteiger partial charge in [-0.15, -0.1) is 37.2 Å². The van der Waals surface area contributed by atoms with E-state index >= 15 is 0 Å². The number of aromatic hydroxyl groups is 2. The van der Waals surface area contributed by atoms with Gasteiger partial charge in [-0.25, -0.2) is 0 Å². The number of rotatable bonds is 6. The van der Waals surface area contributed by atoms with Gasteiger partial charge in [-0.2, -0.15) is 0 Å². The van der Waals surface area contributed by atoms with Crippen LogP contribution in [0.3, 0.4) is 0 Å². The number of carbonyl (C=O) groups is 1. The van der Waals surface area contributed by atoms with E-state index in [1.165, 1.54) is 0 Å². The summed E-state index contributed by atoms with van der Waals surface area (Å²) in [5.74, 6) is 0.914. The van der Waals surface area contributed by atoms with Crippen LogP contribution in [-0.4, -0.2) is 65.3 Å². The molecule has 2 heterocycles. The van der Waals surface area contributed by atoms with Crippen molar-refractivity contribution in [3.05, 3.63) is 53.6 Å². The molecule has 3 atom stereocenters. The zero-order chi connectivity index (χ0) is 23.5. The normalized spacial score (nSPS) is 20.3. The lowest BCUT2D eigenvalue weighted by Crippen LogP contribution is -2.58. The maximum Gasteiger partial charge on any atom is 0.237 e. The van der Waals surface area contributed by atoms with Gasteiger partial charge in [0.1, 0.15) is 11.5 Å². The molecule has 0 aliphatic carbocycles. The highest BCUT2D eigenvalue weighted by molar-refractivity contribution is 5.86. The predicted molar refractivity (Wildman–Crippen MR) is 152 cm³/mol. The van der Waals surface area contributed by atoms with Gasteiger partial charge in [-0.05, 0) is 54.7 Å². The van der Waals surface area contributed by atoms with Gasteiger partial charge in [0.2, 0.25) is 5.91 Å². The quantitative estimate of drug-likeness (QED) is 0.430. The fourth-order valence-electron chi connectivity index (χ4n) is 4.93. The molecule has 7 nitrogen and oxygen atoms in total. The first-order chi connectivity index (χ1) is 15.8. The molecular weight excluding hydrogens is 523 g/mol. The number of nitrogens with zero attached hydrogens (tertiary/aromatic N) is 2. The van der Waals surface area contributed by atoms with Crippen LogP contribution in [0.5, 0.6) is 11.5 Å². The zero-order valence-electron chi connectivity index (χ0n) is 21.0. The van der Waals surface area contributed by atoms with E-state index in [9.17, 15) is 15.0 Å². The average Bonchev–Trinajstić information content (AvgIpc) is 2.78. The molecule has 2 aliphatic rings. The fraction of sp³-hybridized carbons (Fsp3) is 0.500. The predicted octanol–water partition coefficient (Wildman–Crippen LogP) is 3.73. The Kier molecular flexibility index (Phi) is 12.6. The lowest BCUT2D eigenvalue weighted by Gasteiger charge is -2.43. The van der Waals surface area contributed by atoms with Crippen LogP contribution >= 0.6 is 37.2 Å². The maximum absolute atomic E-state index is 13.1. The minimum Gasteiger partial charge on any atom is -0.508 e. The fourth-order valence-corrected chi connectivity index (χ4v) is 4.93. The van der Waals surface area contributed by atoms with Gasteiger partial charge in [0.05, 0.1) is 6.04 Å². The number of fused-ring (bicyclic) bond motifs is 1. The zero-order valence-corrected chi connectivity index (χ0v) is 23.5. The van der Waals surface area contributed by atoms with E-state index in [0.29, 0.717) is 30.7 Å². The summed E-state index contributed by atoms with van der Waals surface area (Å²) in [6, 6.07) is 12.9. The summed E-state index contributed by atoms with van der Waals surface area (Å²) in [5.41, 5.74) is 3.22. The number of halogens is 3. The minimum absolute atomic E-state index is 0. The molecule has 36 heavy (non-hydrogen) atoms. The van der Waals surface area contributed by atoms with Crippen molar-refractivity contribution in [1.82, 2.24) is 15.5 Å². The highest BCUT2D eigenvalue weighted by atomic mass is 35.5. The number of piperazine rings is 1. The molecule has 0 aromatic heterocycles. The molecule has 202 valence electrons. The van der Waals surface area contributed by atoms with Gasteiger partial charge in [-0.3, -0.25) is 9.69 Å². The van der Waals surface area contributed by atoms with E-state index in [2.05, 4.69) is 41.2 Å². The summed E-state index contributed by atoms with van der Waals surface area (Å²) in [4.78, 5) is 17.9. The van der Waals surface area contributed by atoms with Gasteiger partial charge in [0.15, 0.2) is 0 Å². The molecule has 0 bridgehead atoms. The Labute approximate surface area is 232 Å². The molecule has 0 spiro atoms. The van der Waals surface area contributed by atoms with Crippen LogP contribution in [-0.2, 0) is 17.8 Å². The number of phenols is 2. The Hall–Kier alpha value is -1.90. The lowest BCUT2D eigenvalue weighted by atomic mass is 9.94. The van der Waals surface area contributed by atoms with Crippen LogP contribution in [0.2, 0.25) is 0 Å². The lowest BCUT2D eigenvalue weighted by molar-refractivity contribution is -0.124. The van der Waals surface area contributed by atoms with Crippen LogP contribution < -0.4 is 15.5 Å². The van der Waals surface area contributed by atoms with Crippen molar-refractivity contribution in [3.63, 3.8) is 0 Å². The summed E-state index contributed by atoms with van der Waals surface area (Å²) >= 11 is 0. The average molecular weight is 562 g/mol. The Morgan fingerprint density at radius 1 is 1.06 bits per heavy atom. The first-order valence-corrected chi connectivity index (χ1v) is 11.9. The van der Waals surface area contributed by atoms with Crippen LogP contribution in [0, 0.1) is 5.92 Å². The van der Waals surface area contributed by atoms with Crippen LogP contribution in [0.15, 0.2) is 42.5 Å².